The van der Waals surface area contributed by atoms with Crippen molar-refractivity contribution in [2.24, 2.45) is 0 Å². The predicted octanol–water partition coefficient (Wildman–Crippen LogP) is 2.57. The quantitative estimate of drug-likeness (QED) is 0.915. The molecule has 2 rings (SSSR count). The molecule has 7 heteroatoms. The lowest BCUT2D eigenvalue weighted by Crippen LogP contribution is -2.14. The molecule has 2 N–H and O–H groups in total. The molecule has 0 saturated carbocycles. The van der Waals surface area contributed by atoms with Crippen molar-refractivity contribution in [2.45, 2.75) is 0 Å². The molecule has 1 aromatic heterocycles. The van der Waals surface area contributed by atoms with Crippen LogP contribution in [0.4, 0.5) is 10.2 Å². The topological polar surface area (TPSA) is 67.0 Å². The number of aromatic amines is 1. The second kappa shape index (κ2) is 5.18. The first-order valence-corrected chi connectivity index (χ1v) is 5.75. The van der Waals surface area contributed by atoms with Crippen molar-refractivity contribution in [1.82, 2.24) is 10.2 Å². The molecule has 0 unspecified atom stereocenters. The molecule has 0 aliphatic rings. The number of methoxy groups -OCH3 is 1. The van der Waals surface area contributed by atoms with Crippen LogP contribution in [0, 0.1) is 5.82 Å². The molecule has 0 spiro atoms. The largest absolute Gasteiger partial charge is 0.495 e. The fourth-order valence-electron chi connectivity index (χ4n) is 1.37. The van der Waals surface area contributed by atoms with Gasteiger partial charge in [0.25, 0.3) is 5.91 Å². The molecule has 94 valence electrons. The number of aromatic nitrogens is 2. The molecule has 0 atom stereocenters. The number of halogens is 2. The molecule has 0 fully saturated rings. The van der Waals surface area contributed by atoms with E-state index in [1.807, 2.05) is 0 Å². The van der Waals surface area contributed by atoms with Crippen LogP contribution in [0.15, 0.2) is 28.9 Å². The second-order valence-corrected chi connectivity index (χ2v) is 4.25. The third-order valence-corrected chi connectivity index (χ3v) is 2.85. The average Bonchev–Trinajstić information content (AvgIpc) is 2.84. The van der Waals surface area contributed by atoms with Crippen molar-refractivity contribution in [1.29, 1.82) is 0 Å². The summed E-state index contributed by atoms with van der Waals surface area (Å²) in [6.07, 6.45) is 1.48. The molecular weight excluding hydrogens is 305 g/mol. The van der Waals surface area contributed by atoms with Crippen LogP contribution < -0.4 is 10.1 Å². The van der Waals surface area contributed by atoms with E-state index >= 15 is 0 Å². The van der Waals surface area contributed by atoms with Gasteiger partial charge in [-0.25, -0.2) is 4.39 Å². The summed E-state index contributed by atoms with van der Waals surface area (Å²) in [5, 5.41) is 8.71. The fourth-order valence-corrected chi connectivity index (χ4v) is 1.88. The van der Waals surface area contributed by atoms with Crippen LogP contribution in [0.1, 0.15) is 10.4 Å². The van der Waals surface area contributed by atoms with Crippen molar-refractivity contribution in [2.75, 3.05) is 12.4 Å². The van der Waals surface area contributed by atoms with E-state index in [-0.39, 0.29) is 5.56 Å². The predicted molar refractivity (Wildman–Crippen MR) is 67.2 cm³/mol. The minimum atomic E-state index is -0.660. The minimum Gasteiger partial charge on any atom is -0.495 e. The number of carbonyl (C=O) groups is 1. The number of hydrogen-bond donors (Lipinski definition) is 2. The number of amides is 1. The van der Waals surface area contributed by atoms with Crippen LogP contribution in [0.25, 0.3) is 0 Å². The first-order chi connectivity index (χ1) is 8.61. The number of hydrogen-bond acceptors (Lipinski definition) is 3. The Morgan fingerprint density at radius 2 is 2.33 bits per heavy atom. The van der Waals surface area contributed by atoms with Gasteiger partial charge >= 0.3 is 0 Å². The number of rotatable bonds is 3. The summed E-state index contributed by atoms with van der Waals surface area (Å²) in [4.78, 5) is 11.8. The maximum atomic E-state index is 13.7. The summed E-state index contributed by atoms with van der Waals surface area (Å²) in [5.74, 6) is -0.510. The summed E-state index contributed by atoms with van der Waals surface area (Å²) >= 11 is 3.20. The van der Waals surface area contributed by atoms with E-state index < -0.39 is 11.7 Å². The molecule has 1 heterocycles. The maximum absolute atomic E-state index is 13.7. The van der Waals surface area contributed by atoms with Gasteiger partial charge in [-0.15, -0.1) is 0 Å². The van der Waals surface area contributed by atoms with Crippen LogP contribution in [0.3, 0.4) is 0 Å². The van der Waals surface area contributed by atoms with Gasteiger partial charge in [-0.2, -0.15) is 5.10 Å². The molecular formula is C11H9BrFN3O2. The lowest BCUT2D eigenvalue weighted by Gasteiger charge is -2.08. The van der Waals surface area contributed by atoms with Gasteiger partial charge in [0.1, 0.15) is 17.4 Å². The molecule has 18 heavy (non-hydrogen) atoms. The third kappa shape index (κ3) is 2.51. The highest BCUT2D eigenvalue weighted by atomic mass is 79.9. The van der Waals surface area contributed by atoms with Crippen molar-refractivity contribution in [3.05, 3.63) is 40.2 Å². The number of ether oxygens (including phenoxy) is 1. The van der Waals surface area contributed by atoms with Gasteiger partial charge in [0.05, 0.1) is 23.3 Å². The Balaban J connectivity index is 2.28. The zero-order valence-corrected chi connectivity index (χ0v) is 10.9. The van der Waals surface area contributed by atoms with E-state index in [1.54, 1.807) is 6.07 Å². The number of anilines is 1. The summed E-state index contributed by atoms with van der Waals surface area (Å²) in [6.45, 7) is 0. The number of H-pyrrole nitrogens is 1. The van der Waals surface area contributed by atoms with Crippen molar-refractivity contribution < 1.29 is 13.9 Å². The van der Waals surface area contributed by atoms with E-state index in [0.717, 1.165) is 6.07 Å². The monoisotopic (exact) mass is 313 g/mol. The lowest BCUT2D eigenvalue weighted by molar-refractivity contribution is 0.102. The molecule has 1 amide bonds. The van der Waals surface area contributed by atoms with Gasteiger partial charge in [0.15, 0.2) is 0 Å². The van der Waals surface area contributed by atoms with E-state index in [2.05, 4.69) is 31.4 Å². The zero-order valence-electron chi connectivity index (χ0n) is 9.33. The number of benzene rings is 1. The van der Waals surface area contributed by atoms with Crippen LogP contribution >= 0.6 is 15.9 Å². The normalized spacial score (nSPS) is 10.2. The fraction of sp³-hybridized carbons (Fsp3) is 0.0909. The number of nitrogens with zero attached hydrogens (tertiary/aromatic N) is 1. The first kappa shape index (κ1) is 12.6. The second-order valence-electron chi connectivity index (χ2n) is 3.39. The van der Waals surface area contributed by atoms with E-state index in [1.165, 1.54) is 19.4 Å². The minimum absolute atomic E-state index is 0.0859. The molecule has 0 radical (unpaired) electrons. The lowest BCUT2D eigenvalue weighted by atomic mass is 10.2. The highest BCUT2D eigenvalue weighted by molar-refractivity contribution is 9.10. The van der Waals surface area contributed by atoms with Gasteiger partial charge < -0.3 is 10.1 Å². The Kier molecular flexibility index (Phi) is 3.61. The summed E-state index contributed by atoms with van der Waals surface area (Å²) in [5.41, 5.74) is -0.0859. The van der Waals surface area contributed by atoms with E-state index in [9.17, 15) is 9.18 Å². The van der Waals surface area contributed by atoms with Crippen LogP contribution in [0.2, 0.25) is 0 Å². The Morgan fingerprint density at radius 3 is 2.94 bits per heavy atom. The number of nitrogens with one attached hydrogen (secondary N) is 2. The van der Waals surface area contributed by atoms with Gasteiger partial charge in [-0.05, 0) is 22.0 Å². The van der Waals surface area contributed by atoms with Crippen molar-refractivity contribution >= 4 is 27.7 Å². The number of carbonyl (C=O) groups excluding carboxylic acids is 1. The van der Waals surface area contributed by atoms with Gasteiger partial charge in [0, 0.05) is 12.1 Å². The van der Waals surface area contributed by atoms with Gasteiger partial charge in [-0.3, -0.25) is 9.89 Å². The third-order valence-electron chi connectivity index (χ3n) is 2.24. The average molecular weight is 314 g/mol. The van der Waals surface area contributed by atoms with Gasteiger partial charge in [0.2, 0.25) is 0 Å². The smallest absolute Gasteiger partial charge is 0.259 e. The molecule has 1 aromatic carbocycles. The highest BCUT2D eigenvalue weighted by Crippen LogP contribution is 2.28. The van der Waals surface area contributed by atoms with Crippen molar-refractivity contribution in [3.63, 3.8) is 0 Å². The Labute approximate surface area is 110 Å². The Hall–Kier alpha value is -1.89. The molecule has 2 aromatic rings. The zero-order chi connectivity index (χ0) is 13.1. The van der Waals surface area contributed by atoms with E-state index in [0.29, 0.717) is 16.0 Å². The summed E-state index contributed by atoms with van der Waals surface area (Å²) in [7, 11) is 1.42. The molecule has 0 saturated heterocycles. The highest BCUT2D eigenvalue weighted by Gasteiger charge is 2.15. The van der Waals surface area contributed by atoms with Gasteiger partial charge in [-0.1, -0.05) is 0 Å². The molecule has 5 nitrogen and oxygen atoms in total. The Morgan fingerprint density at radius 1 is 1.56 bits per heavy atom. The van der Waals surface area contributed by atoms with Crippen LogP contribution in [-0.2, 0) is 0 Å². The summed E-state index contributed by atoms with van der Waals surface area (Å²) < 4.78 is 19.1. The molecule has 0 bridgehead atoms. The Bertz CT molecular complexity index is 572. The van der Waals surface area contributed by atoms with Crippen LogP contribution in [0.5, 0.6) is 5.75 Å². The molecule has 0 aliphatic carbocycles. The standard InChI is InChI=1S/C11H9BrFN3O2/c1-18-9-5-8(13)6(4-7(9)12)11(17)15-10-2-3-14-16-10/h2-5H,1H3,(H2,14,15,16,17). The van der Waals surface area contributed by atoms with Crippen LogP contribution in [-0.4, -0.2) is 23.2 Å². The van der Waals surface area contributed by atoms with E-state index in [4.69, 9.17) is 4.74 Å². The first-order valence-electron chi connectivity index (χ1n) is 4.95. The molecule has 0 aliphatic heterocycles. The maximum Gasteiger partial charge on any atom is 0.259 e. The summed E-state index contributed by atoms with van der Waals surface area (Å²) in [6, 6.07) is 4.07. The SMILES string of the molecule is COc1cc(F)c(C(=O)Nc2ccn[nH]2)cc1Br. The van der Waals surface area contributed by atoms with Crippen molar-refractivity contribution in [3.8, 4) is 5.75 Å².